The lowest BCUT2D eigenvalue weighted by molar-refractivity contribution is 0.649. The van der Waals surface area contributed by atoms with Crippen LogP contribution >= 0.6 is 11.8 Å². The molecule has 0 unspecified atom stereocenters. The van der Waals surface area contributed by atoms with Gasteiger partial charge in [0, 0.05) is 11.9 Å². The number of aromatic nitrogens is 1. The van der Waals surface area contributed by atoms with Crippen molar-refractivity contribution in [2.24, 2.45) is 5.92 Å². The molecular weight excluding hydrogens is 192 g/mol. The first-order valence-electron chi connectivity index (χ1n) is 4.84. The molecule has 3 heteroatoms. The highest BCUT2D eigenvalue weighted by Crippen LogP contribution is 2.28. The van der Waals surface area contributed by atoms with Crippen LogP contribution in [-0.4, -0.2) is 10.7 Å². The highest BCUT2D eigenvalue weighted by Gasteiger charge is 2.11. The Kier molecular flexibility index (Phi) is 3.09. The summed E-state index contributed by atoms with van der Waals surface area (Å²) in [7, 11) is 0. The van der Waals surface area contributed by atoms with Gasteiger partial charge in [0.2, 0.25) is 0 Å². The minimum atomic E-state index is 0.779. The third-order valence-corrected chi connectivity index (χ3v) is 3.61. The topological polar surface area (TPSA) is 38.9 Å². The summed E-state index contributed by atoms with van der Waals surface area (Å²) < 4.78 is 0. The summed E-state index contributed by atoms with van der Waals surface area (Å²) in [5.74, 6) is 1.90. The largest absolute Gasteiger partial charge is 0.397 e. The molecule has 0 amide bonds. The van der Waals surface area contributed by atoms with Gasteiger partial charge in [0.05, 0.1) is 5.69 Å². The average Bonchev–Trinajstić information content (AvgIpc) is 2.69. The zero-order valence-electron chi connectivity index (χ0n) is 8.02. The first-order valence-corrected chi connectivity index (χ1v) is 5.83. The minimum Gasteiger partial charge on any atom is -0.397 e. The standard InChI is InChI=1S/C11H14N2S/c12-10-6-3-7-13-11(10)14-8-9-4-1-2-5-9/h1-3,6-7,9H,4-5,8,12H2. The lowest BCUT2D eigenvalue weighted by Gasteiger charge is -2.08. The number of allylic oxidation sites excluding steroid dienone is 2. The summed E-state index contributed by atoms with van der Waals surface area (Å²) in [5, 5.41) is 0.972. The highest BCUT2D eigenvalue weighted by molar-refractivity contribution is 7.99. The van der Waals surface area contributed by atoms with Crippen molar-refractivity contribution in [3.8, 4) is 0 Å². The van der Waals surface area contributed by atoms with Crippen molar-refractivity contribution in [1.82, 2.24) is 4.98 Å². The Balaban J connectivity index is 1.88. The van der Waals surface area contributed by atoms with E-state index >= 15 is 0 Å². The van der Waals surface area contributed by atoms with E-state index in [1.807, 2.05) is 12.1 Å². The third-order valence-electron chi connectivity index (χ3n) is 2.36. The van der Waals surface area contributed by atoms with E-state index in [2.05, 4.69) is 17.1 Å². The van der Waals surface area contributed by atoms with Crippen molar-refractivity contribution in [1.29, 1.82) is 0 Å². The van der Waals surface area contributed by atoms with Gasteiger partial charge in [-0.15, -0.1) is 11.8 Å². The molecule has 0 saturated heterocycles. The number of hydrogen-bond acceptors (Lipinski definition) is 3. The van der Waals surface area contributed by atoms with Gasteiger partial charge in [-0.1, -0.05) is 12.2 Å². The van der Waals surface area contributed by atoms with Crippen LogP contribution in [0.2, 0.25) is 0 Å². The summed E-state index contributed by atoms with van der Waals surface area (Å²) >= 11 is 1.77. The van der Waals surface area contributed by atoms with Gasteiger partial charge in [0.1, 0.15) is 5.03 Å². The predicted molar refractivity (Wildman–Crippen MR) is 61.2 cm³/mol. The Morgan fingerprint density at radius 2 is 2.21 bits per heavy atom. The molecule has 0 radical (unpaired) electrons. The molecule has 1 aliphatic rings. The van der Waals surface area contributed by atoms with Gasteiger partial charge in [0.15, 0.2) is 0 Å². The zero-order valence-corrected chi connectivity index (χ0v) is 8.83. The van der Waals surface area contributed by atoms with E-state index < -0.39 is 0 Å². The second-order valence-electron chi connectivity index (χ2n) is 3.52. The molecule has 1 aromatic rings. The van der Waals surface area contributed by atoms with Crippen LogP contribution < -0.4 is 5.73 Å². The van der Waals surface area contributed by atoms with Gasteiger partial charge in [-0.25, -0.2) is 4.98 Å². The van der Waals surface area contributed by atoms with Gasteiger partial charge in [0.25, 0.3) is 0 Å². The number of nitrogens with two attached hydrogens (primary N) is 1. The van der Waals surface area contributed by atoms with E-state index in [4.69, 9.17) is 5.73 Å². The normalized spacial score (nSPS) is 16.3. The number of nitrogen functional groups attached to an aromatic ring is 1. The van der Waals surface area contributed by atoms with Gasteiger partial charge >= 0.3 is 0 Å². The van der Waals surface area contributed by atoms with Crippen molar-refractivity contribution in [2.75, 3.05) is 11.5 Å². The predicted octanol–water partition coefficient (Wildman–Crippen LogP) is 2.72. The maximum Gasteiger partial charge on any atom is 0.119 e. The van der Waals surface area contributed by atoms with E-state index in [0.717, 1.165) is 22.4 Å². The summed E-state index contributed by atoms with van der Waals surface area (Å²) in [6.07, 6.45) is 8.73. The van der Waals surface area contributed by atoms with Crippen LogP contribution in [0.1, 0.15) is 12.8 Å². The van der Waals surface area contributed by atoms with E-state index in [0.29, 0.717) is 0 Å². The molecule has 2 nitrogen and oxygen atoms in total. The summed E-state index contributed by atoms with van der Waals surface area (Å²) in [4.78, 5) is 4.26. The van der Waals surface area contributed by atoms with Crippen LogP contribution in [0, 0.1) is 5.92 Å². The molecule has 1 aliphatic carbocycles. The van der Waals surface area contributed by atoms with Crippen LogP contribution in [0.4, 0.5) is 5.69 Å². The molecule has 0 saturated carbocycles. The first kappa shape index (κ1) is 9.59. The van der Waals surface area contributed by atoms with E-state index in [9.17, 15) is 0 Å². The summed E-state index contributed by atoms with van der Waals surface area (Å²) in [6, 6.07) is 3.78. The van der Waals surface area contributed by atoms with Gasteiger partial charge < -0.3 is 5.73 Å². The zero-order chi connectivity index (χ0) is 9.80. The van der Waals surface area contributed by atoms with E-state index in [1.54, 1.807) is 18.0 Å². The Bertz CT molecular complexity index is 328. The second kappa shape index (κ2) is 4.51. The number of anilines is 1. The van der Waals surface area contributed by atoms with Crippen LogP contribution in [0.25, 0.3) is 0 Å². The van der Waals surface area contributed by atoms with Crippen molar-refractivity contribution in [3.05, 3.63) is 30.5 Å². The lowest BCUT2D eigenvalue weighted by Crippen LogP contribution is -1.99. The first-order chi connectivity index (χ1) is 6.86. The molecule has 2 rings (SSSR count). The van der Waals surface area contributed by atoms with Gasteiger partial charge in [-0.3, -0.25) is 0 Å². The van der Waals surface area contributed by atoms with E-state index in [1.165, 1.54) is 12.8 Å². The van der Waals surface area contributed by atoms with Crippen molar-refractivity contribution < 1.29 is 0 Å². The second-order valence-corrected chi connectivity index (χ2v) is 4.53. The highest BCUT2D eigenvalue weighted by atomic mass is 32.2. The minimum absolute atomic E-state index is 0.779. The molecule has 0 aromatic carbocycles. The molecule has 0 spiro atoms. The van der Waals surface area contributed by atoms with Crippen molar-refractivity contribution in [3.63, 3.8) is 0 Å². The van der Waals surface area contributed by atoms with Gasteiger partial charge in [-0.2, -0.15) is 0 Å². The number of nitrogens with zero attached hydrogens (tertiary/aromatic N) is 1. The monoisotopic (exact) mass is 206 g/mol. The summed E-state index contributed by atoms with van der Waals surface area (Å²) in [6.45, 7) is 0. The number of rotatable bonds is 3. The molecule has 14 heavy (non-hydrogen) atoms. The maximum atomic E-state index is 5.81. The Hall–Kier alpha value is -0.960. The van der Waals surface area contributed by atoms with Crippen molar-refractivity contribution in [2.45, 2.75) is 17.9 Å². The smallest absolute Gasteiger partial charge is 0.119 e. The fourth-order valence-corrected chi connectivity index (χ4v) is 2.57. The van der Waals surface area contributed by atoms with E-state index in [-0.39, 0.29) is 0 Å². The van der Waals surface area contributed by atoms with Crippen LogP contribution in [0.3, 0.4) is 0 Å². The maximum absolute atomic E-state index is 5.81. The SMILES string of the molecule is Nc1cccnc1SCC1CC=CC1. The van der Waals surface area contributed by atoms with Crippen LogP contribution in [-0.2, 0) is 0 Å². The number of thioether (sulfide) groups is 1. The molecule has 0 aliphatic heterocycles. The molecule has 0 fully saturated rings. The van der Waals surface area contributed by atoms with Crippen LogP contribution in [0.15, 0.2) is 35.5 Å². The third kappa shape index (κ3) is 2.29. The number of pyridine rings is 1. The Labute approximate surface area is 88.6 Å². The molecule has 2 N–H and O–H groups in total. The Morgan fingerprint density at radius 1 is 1.43 bits per heavy atom. The lowest BCUT2D eigenvalue weighted by atomic mass is 10.1. The average molecular weight is 206 g/mol. The fourth-order valence-electron chi connectivity index (χ4n) is 1.53. The molecule has 1 heterocycles. The van der Waals surface area contributed by atoms with Gasteiger partial charge in [-0.05, 0) is 30.9 Å². The number of hydrogen-bond donors (Lipinski definition) is 1. The fraction of sp³-hybridized carbons (Fsp3) is 0.364. The molecular formula is C11H14N2S. The quantitative estimate of drug-likeness (QED) is 0.610. The Morgan fingerprint density at radius 3 is 2.93 bits per heavy atom. The molecule has 0 atom stereocenters. The molecule has 1 aromatic heterocycles. The molecule has 0 bridgehead atoms. The summed E-state index contributed by atoms with van der Waals surface area (Å²) in [5.41, 5.74) is 6.60. The van der Waals surface area contributed by atoms with Crippen molar-refractivity contribution >= 4 is 17.4 Å². The van der Waals surface area contributed by atoms with Crippen LogP contribution in [0.5, 0.6) is 0 Å². The molecule has 74 valence electrons.